The van der Waals surface area contributed by atoms with Crippen LogP contribution in [-0.2, 0) is 6.54 Å². The Morgan fingerprint density at radius 2 is 2.18 bits per heavy atom. The van der Waals surface area contributed by atoms with Gasteiger partial charge in [-0.05, 0) is 45.2 Å². The topological polar surface area (TPSA) is 36.4 Å². The van der Waals surface area contributed by atoms with Gasteiger partial charge in [0.2, 0.25) is 0 Å². The number of aromatic hydroxyl groups is 1. The number of aryl methyl sites for hydroxylation is 1. The number of pyridine rings is 1. The fourth-order valence-electron chi connectivity index (χ4n) is 2.74. The van der Waals surface area contributed by atoms with E-state index in [2.05, 4.69) is 23.7 Å². The third-order valence-electron chi connectivity index (χ3n) is 3.85. The Kier molecular flexibility index (Phi) is 3.67. The maximum Gasteiger partial charge on any atom is 0.138 e. The summed E-state index contributed by atoms with van der Waals surface area (Å²) in [6, 6.07) is 4.84. The Labute approximate surface area is 103 Å². The van der Waals surface area contributed by atoms with E-state index < -0.39 is 0 Å². The van der Waals surface area contributed by atoms with E-state index in [0.29, 0.717) is 17.8 Å². The van der Waals surface area contributed by atoms with Crippen LogP contribution in [0.5, 0.6) is 5.75 Å². The van der Waals surface area contributed by atoms with Gasteiger partial charge in [-0.3, -0.25) is 9.88 Å². The minimum absolute atomic E-state index is 0.324. The second kappa shape index (κ2) is 5.05. The number of nitrogens with zero attached hydrogens (tertiary/aromatic N) is 2. The molecule has 1 aromatic heterocycles. The maximum absolute atomic E-state index is 9.85. The molecule has 1 N–H and O–H groups in total. The van der Waals surface area contributed by atoms with Gasteiger partial charge in [-0.25, -0.2) is 0 Å². The Morgan fingerprint density at radius 1 is 1.41 bits per heavy atom. The molecule has 2 atom stereocenters. The largest absolute Gasteiger partial charge is 0.506 e. The van der Waals surface area contributed by atoms with Gasteiger partial charge in [0.15, 0.2) is 0 Å². The first-order valence-corrected chi connectivity index (χ1v) is 6.53. The zero-order valence-electron chi connectivity index (χ0n) is 11.0. The molecule has 1 saturated heterocycles. The maximum atomic E-state index is 9.85. The first-order valence-electron chi connectivity index (χ1n) is 6.53. The lowest BCUT2D eigenvalue weighted by Crippen LogP contribution is -2.33. The van der Waals surface area contributed by atoms with Gasteiger partial charge < -0.3 is 5.11 Å². The summed E-state index contributed by atoms with van der Waals surface area (Å²) in [6.45, 7) is 7.24. The molecule has 0 saturated carbocycles. The summed E-state index contributed by atoms with van der Waals surface area (Å²) in [4.78, 5) is 6.92. The van der Waals surface area contributed by atoms with Crippen LogP contribution in [0.4, 0.5) is 0 Å². The zero-order chi connectivity index (χ0) is 12.4. The first-order chi connectivity index (χ1) is 8.11. The summed E-state index contributed by atoms with van der Waals surface area (Å²) in [5.41, 5.74) is 1.79. The molecular formula is C14H22N2O. The average Bonchev–Trinajstić information content (AvgIpc) is 2.65. The number of hydrogen-bond acceptors (Lipinski definition) is 3. The van der Waals surface area contributed by atoms with Gasteiger partial charge in [0.25, 0.3) is 0 Å². The van der Waals surface area contributed by atoms with Gasteiger partial charge in [-0.1, -0.05) is 6.92 Å². The van der Waals surface area contributed by atoms with Crippen molar-refractivity contribution in [3.05, 3.63) is 23.5 Å². The molecule has 1 aromatic rings. The average molecular weight is 234 g/mol. The van der Waals surface area contributed by atoms with Crippen molar-refractivity contribution < 1.29 is 5.11 Å². The quantitative estimate of drug-likeness (QED) is 0.873. The molecule has 0 aromatic carbocycles. The number of aromatic nitrogens is 1. The number of hydrogen-bond donors (Lipinski definition) is 1. The van der Waals surface area contributed by atoms with E-state index in [4.69, 9.17) is 0 Å². The summed E-state index contributed by atoms with van der Waals surface area (Å²) in [5.74, 6) is 0.324. The van der Waals surface area contributed by atoms with Crippen molar-refractivity contribution in [1.82, 2.24) is 9.88 Å². The summed E-state index contributed by atoms with van der Waals surface area (Å²) < 4.78 is 0. The molecule has 0 radical (unpaired) electrons. The fourth-order valence-corrected chi connectivity index (χ4v) is 2.74. The Balaban J connectivity index is 2.16. The summed E-state index contributed by atoms with van der Waals surface area (Å²) in [5, 5.41) is 9.85. The second-order valence-corrected chi connectivity index (χ2v) is 5.08. The fraction of sp³-hybridized carbons (Fsp3) is 0.643. The van der Waals surface area contributed by atoms with Gasteiger partial charge in [-0.15, -0.1) is 0 Å². The third-order valence-corrected chi connectivity index (χ3v) is 3.85. The molecule has 0 aliphatic carbocycles. The van der Waals surface area contributed by atoms with Crippen LogP contribution in [0.2, 0.25) is 0 Å². The predicted molar refractivity (Wildman–Crippen MR) is 69.0 cm³/mol. The minimum atomic E-state index is 0.324. The van der Waals surface area contributed by atoms with E-state index in [9.17, 15) is 5.11 Å². The van der Waals surface area contributed by atoms with E-state index in [0.717, 1.165) is 17.9 Å². The van der Waals surface area contributed by atoms with E-state index in [1.807, 2.05) is 13.0 Å². The molecule has 2 heterocycles. The van der Waals surface area contributed by atoms with E-state index in [1.54, 1.807) is 6.07 Å². The molecule has 3 heteroatoms. The van der Waals surface area contributed by atoms with Crippen LogP contribution in [0.1, 0.15) is 44.5 Å². The lowest BCUT2D eigenvalue weighted by atomic mass is 10.1. The molecule has 17 heavy (non-hydrogen) atoms. The lowest BCUT2D eigenvalue weighted by Gasteiger charge is -2.27. The van der Waals surface area contributed by atoms with Crippen LogP contribution < -0.4 is 0 Å². The van der Waals surface area contributed by atoms with Crippen LogP contribution >= 0.6 is 0 Å². The highest BCUT2D eigenvalue weighted by Gasteiger charge is 2.29. The molecule has 2 unspecified atom stereocenters. The smallest absolute Gasteiger partial charge is 0.138 e. The van der Waals surface area contributed by atoms with Gasteiger partial charge in [0.05, 0.1) is 5.69 Å². The molecule has 0 amide bonds. The highest BCUT2D eigenvalue weighted by molar-refractivity contribution is 5.27. The van der Waals surface area contributed by atoms with Crippen LogP contribution in [0, 0.1) is 6.92 Å². The van der Waals surface area contributed by atoms with Crippen molar-refractivity contribution in [3.8, 4) is 5.75 Å². The normalized spacial score (nSPS) is 25.4. The summed E-state index contributed by atoms with van der Waals surface area (Å²) in [6.07, 6.45) is 3.70. The second-order valence-electron chi connectivity index (χ2n) is 5.08. The third kappa shape index (κ3) is 2.60. The standard InChI is InChI=1S/C14H22N2O/c1-4-12-7-6-11(3)16(12)9-13-14(17)8-5-10(2)15-13/h5,8,11-12,17H,4,6-7,9H2,1-3H3. The van der Waals surface area contributed by atoms with Crippen molar-refractivity contribution >= 4 is 0 Å². The van der Waals surface area contributed by atoms with Crippen LogP contribution in [0.3, 0.4) is 0 Å². The molecular weight excluding hydrogens is 212 g/mol. The summed E-state index contributed by atoms with van der Waals surface area (Å²) >= 11 is 0. The molecule has 0 spiro atoms. The number of rotatable bonds is 3. The van der Waals surface area contributed by atoms with Crippen molar-refractivity contribution in [2.45, 2.75) is 58.7 Å². The Morgan fingerprint density at radius 3 is 2.88 bits per heavy atom. The molecule has 94 valence electrons. The Bertz CT molecular complexity index is 392. The summed E-state index contributed by atoms with van der Waals surface area (Å²) in [7, 11) is 0. The molecule has 1 fully saturated rings. The van der Waals surface area contributed by atoms with Crippen LogP contribution in [0.15, 0.2) is 12.1 Å². The van der Waals surface area contributed by atoms with E-state index >= 15 is 0 Å². The van der Waals surface area contributed by atoms with Crippen molar-refractivity contribution in [2.75, 3.05) is 0 Å². The minimum Gasteiger partial charge on any atom is -0.506 e. The molecule has 2 rings (SSSR count). The van der Waals surface area contributed by atoms with Gasteiger partial charge >= 0.3 is 0 Å². The van der Waals surface area contributed by atoms with Gasteiger partial charge in [-0.2, -0.15) is 0 Å². The molecule has 1 aliphatic rings. The SMILES string of the molecule is CCC1CCC(C)N1Cc1nc(C)ccc1O. The zero-order valence-corrected chi connectivity index (χ0v) is 11.0. The monoisotopic (exact) mass is 234 g/mol. The van der Waals surface area contributed by atoms with Crippen molar-refractivity contribution in [3.63, 3.8) is 0 Å². The molecule has 1 aliphatic heterocycles. The van der Waals surface area contributed by atoms with Crippen molar-refractivity contribution in [1.29, 1.82) is 0 Å². The first kappa shape index (κ1) is 12.4. The van der Waals surface area contributed by atoms with E-state index in [1.165, 1.54) is 19.3 Å². The highest BCUT2D eigenvalue weighted by Crippen LogP contribution is 2.29. The van der Waals surface area contributed by atoms with Crippen molar-refractivity contribution in [2.24, 2.45) is 0 Å². The highest BCUT2D eigenvalue weighted by atomic mass is 16.3. The van der Waals surface area contributed by atoms with Gasteiger partial charge in [0, 0.05) is 24.3 Å². The lowest BCUT2D eigenvalue weighted by molar-refractivity contribution is 0.185. The number of likely N-dealkylation sites (tertiary alicyclic amines) is 1. The van der Waals surface area contributed by atoms with Crippen LogP contribution in [-0.4, -0.2) is 27.1 Å². The Hall–Kier alpha value is -1.09. The molecule has 0 bridgehead atoms. The van der Waals surface area contributed by atoms with Crippen LogP contribution in [0.25, 0.3) is 0 Å². The predicted octanol–water partition coefficient (Wildman–Crippen LogP) is 2.86. The molecule has 3 nitrogen and oxygen atoms in total. The van der Waals surface area contributed by atoms with E-state index in [-0.39, 0.29) is 0 Å². The van der Waals surface area contributed by atoms with Gasteiger partial charge in [0.1, 0.15) is 5.75 Å².